The minimum Gasteiger partial charge on any atom is -0.375 e. The average molecular weight is 371 g/mol. The molecule has 0 radical (unpaired) electrons. The lowest BCUT2D eigenvalue weighted by molar-refractivity contribution is -0.672. The molecule has 3 rings (SSSR count). The van der Waals surface area contributed by atoms with Crippen LogP contribution in [-0.2, 0) is 16.7 Å². The maximum atomic E-state index is 13.1. The highest BCUT2D eigenvalue weighted by molar-refractivity contribution is 5.30. The van der Waals surface area contributed by atoms with Crippen molar-refractivity contribution in [3.05, 3.63) is 71.0 Å². The van der Waals surface area contributed by atoms with Crippen LogP contribution in [0, 0.1) is 12.7 Å². The molecule has 1 saturated heterocycles. The number of rotatable bonds is 7. The summed E-state index contributed by atoms with van der Waals surface area (Å²) in [5, 5.41) is 2.35. The van der Waals surface area contributed by atoms with Crippen molar-refractivity contribution in [3.8, 4) is 0 Å². The molecule has 0 aromatic heterocycles. The number of hydrogen-bond acceptors (Lipinski definition) is 1. The molecule has 0 unspecified atom stereocenters. The van der Waals surface area contributed by atoms with Gasteiger partial charge in [-0.3, -0.25) is 0 Å². The van der Waals surface area contributed by atoms with E-state index < -0.39 is 0 Å². The highest BCUT2D eigenvalue weighted by atomic mass is 19.1. The van der Waals surface area contributed by atoms with E-state index >= 15 is 0 Å². The Morgan fingerprint density at radius 3 is 2.44 bits per heavy atom. The SMILES string of the molecule is CC[C@]1(C)C[C@](CC[NH2+]Cc2ccc(F)cc2)(c2ccc(C)cc2)CCO1. The molecule has 1 aliphatic heterocycles. The standard InChI is InChI=1S/C24H32FNO/c1-4-23(3)18-24(14-16-27-23,21-9-5-19(2)6-10-21)13-15-26-17-20-7-11-22(25)12-8-20/h5-12,26H,4,13-18H2,1-3H3/p+1/t23-,24-/m1/s1. The summed E-state index contributed by atoms with van der Waals surface area (Å²) in [6.45, 7) is 9.42. The van der Waals surface area contributed by atoms with Gasteiger partial charge in [-0.15, -0.1) is 0 Å². The number of halogens is 1. The molecule has 2 atom stereocenters. The number of nitrogens with two attached hydrogens (primary N) is 1. The Hall–Kier alpha value is -1.71. The van der Waals surface area contributed by atoms with Crippen molar-refractivity contribution in [1.29, 1.82) is 0 Å². The number of hydrogen-bond donors (Lipinski definition) is 1. The first-order valence-electron chi connectivity index (χ1n) is 10.2. The minimum absolute atomic E-state index is 0.0416. The topological polar surface area (TPSA) is 25.8 Å². The van der Waals surface area contributed by atoms with Gasteiger partial charge < -0.3 is 10.1 Å². The quantitative estimate of drug-likeness (QED) is 0.713. The Labute approximate surface area is 163 Å². The van der Waals surface area contributed by atoms with E-state index in [0.29, 0.717) is 0 Å². The van der Waals surface area contributed by atoms with Crippen LogP contribution in [0.2, 0.25) is 0 Å². The van der Waals surface area contributed by atoms with Crippen LogP contribution in [0.3, 0.4) is 0 Å². The summed E-state index contributed by atoms with van der Waals surface area (Å²) in [6, 6.07) is 15.9. The van der Waals surface area contributed by atoms with E-state index in [-0.39, 0.29) is 16.8 Å². The monoisotopic (exact) mass is 370 g/mol. The Kier molecular flexibility index (Phi) is 6.33. The number of quaternary nitrogens is 1. The molecule has 0 spiro atoms. The summed E-state index contributed by atoms with van der Waals surface area (Å²) in [4.78, 5) is 0. The van der Waals surface area contributed by atoms with Gasteiger partial charge in [-0.25, -0.2) is 4.39 Å². The maximum absolute atomic E-state index is 13.1. The third-order valence-electron chi connectivity index (χ3n) is 6.28. The van der Waals surface area contributed by atoms with Gasteiger partial charge in [-0.05, 0) is 50.8 Å². The Morgan fingerprint density at radius 1 is 1.07 bits per heavy atom. The van der Waals surface area contributed by atoms with E-state index in [2.05, 4.69) is 50.4 Å². The predicted octanol–water partition coefficient (Wildman–Crippen LogP) is 4.50. The summed E-state index contributed by atoms with van der Waals surface area (Å²) in [6.07, 6.45) is 4.33. The van der Waals surface area contributed by atoms with Crippen molar-refractivity contribution in [2.45, 2.75) is 64.0 Å². The first kappa shape index (κ1) is 20.0. The third-order valence-corrected chi connectivity index (χ3v) is 6.28. The molecule has 0 saturated carbocycles. The molecule has 27 heavy (non-hydrogen) atoms. The van der Waals surface area contributed by atoms with Gasteiger partial charge in [0.05, 0.1) is 12.1 Å². The Morgan fingerprint density at radius 2 is 1.78 bits per heavy atom. The van der Waals surface area contributed by atoms with Crippen molar-refractivity contribution in [2.75, 3.05) is 13.2 Å². The number of benzene rings is 2. The maximum Gasteiger partial charge on any atom is 0.123 e. The van der Waals surface area contributed by atoms with E-state index in [9.17, 15) is 4.39 Å². The van der Waals surface area contributed by atoms with Crippen molar-refractivity contribution in [1.82, 2.24) is 0 Å². The Balaban J connectivity index is 1.70. The second kappa shape index (κ2) is 8.53. The Bertz CT molecular complexity index is 727. The van der Waals surface area contributed by atoms with Crippen molar-refractivity contribution in [3.63, 3.8) is 0 Å². The summed E-state index contributed by atoms with van der Waals surface area (Å²) in [5.41, 5.74) is 4.07. The lowest BCUT2D eigenvalue weighted by Gasteiger charge is -2.46. The van der Waals surface area contributed by atoms with Gasteiger partial charge in [0.25, 0.3) is 0 Å². The van der Waals surface area contributed by atoms with Crippen LogP contribution in [0.1, 0.15) is 56.2 Å². The summed E-state index contributed by atoms with van der Waals surface area (Å²) >= 11 is 0. The second-order valence-corrected chi connectivity index (χ2v) is 8.38. The largest absolute Gasteiger partial charge is 0.375 e. The molecule has 1 aliphatic rings. The van der Waals surface area contributed by atoms with Crippen molar-refractivity contribution < 1.29 is 14.4 Å². The summed E-state index contributed by atoms with van der Waals surface area (Å²) < 4.78 is 19.2. The normalized spacial score (nSPS) is 25.5. The zero-order chi connectivity index (χ0) is 19.3. The fourth-order valence-corrected chi connectivity index (χ4v) is 4.35. The molecule has 146 valence electrons. The molecule has 0 aliphatic carbocycles. The van der Waals surface area contributed by atoms with Gasteiger partial charge in [0.15, 0.2) is 0 Å². The smallest absolute Gasteiger partial charge is 0.123 e. The van der Waals surface area contributed by atoms with E-state index in [0.717, 1.165) is 45.4 Å². The van der Waals surface area contributed by atoms with Gasteiger partial charge >= 0.3 is 0 Å². The zero-order valence-electron chi connectivity index (χ0n) is 16.9. The molecule has 1 fully saturated rings. The average Bonchev–Trinajstić information content (AvgIpc) is 2.67. The molecule has 2 N–H and O–H groups in total. The predicted molar refractivity (Wildman–Crippen MR) is 108 cm³/mol. The molecule has 2 aromatic rings. The van der Waals surface area contributed by atoms with E-state index in [1.54, 1.807) is 12.1 Å². The molecule has 1 heterocycles. The summed E-state index contributed by atoms with van der Waals surface area (Å²) in [5.74, 6) is -0.168. The van der Waals surface area contributed by atoms with E-state index in [4.69, 9.17) is 4.74 Å². The van der Waals surface area contributed by atoms with Crippen LogP contribution >= 0.6 is 0 Å². The van der Waals surface area contributed by atoms with Crippen LogP contribution in [0.5, 0.6) is 0 Å². The van der Waals surface area contributed by atoms with Crippen molar-refractivity contribution >= 4 is 0 Å². The fraction of sp³-hybridized carbons (Fsp3) is 0.500. The van der Waals surface area contributed by atoms with E-state index in [1.165, 1.54) is 16.7 Å². The van der Waals surface area contributed by atoms with Crippen LogP contribution in [0.4, 0.5) is 4.39 Å². The molecule has 2 nitrogen and oxygen atoms in total. The first-order valence-corrected chi connectivity index (χ1v) is 10.2. The minimum atomic E-state index is -0.168. The highest BCUT2D eigenvalue weighted by Gasteiger charge is 2.43. The van der Waals surface area contributed by atoms with Crippen LogP contribution in [0.15, 0.2) is 48.5 Å². The van der Waals surface area contributed by atoms with Gasteiger partial charge in [0.2, 0.25) is 0 Å². The molecule has 0 bridgehead atoms. The number of aryl methyl sites for hydroxylation is 1. The van der Waals surface area contributed by atoms with Crippen LogP contribution in [-0.4, -0.2) is 18.8 Å². The van der Waals surface area contributed by atoms with Gasteiger partial charge in [0, 0.05) is 24.0 Å². The lowest BCUT2D eigenvalue weighted by Crippen LogP contribution is -2.83. The van der Waals surface area contributed by atoms with Crippen LogP contribution in [0.25, 0.3) is 0 Å². The molecule has 3 heteroatoms. The molecule has 0 amide bonds. The second-order valence-electron chi connectivity index (χ2n) is 8.38. The van der Waals surface area contributed by atoms with E-state index in [1.807, 2.05) is 12.1 Å². The molecule has 2 aromatic carbocycles. The highest BCUT2D eigenvalue weighted by Crippen LogP contribution is 2.45. The lowest BCUT2D eigenvalue weighted by atomic mass is 9.66. The zero-order valence-corrected chi connectivity index (χ0v) is 16.9. The van der Waals surface area contributed by atoms with Gasteiger partial charge in [0.1, 0.15) is 12.4 Å². The van der Waals surface area contributed by atoms with Gasteiger partial charge in [-0.1, -0.05) is 48.9 Å². The fourth-order valence-electron chi connectivity index (χ4n) is 4.35. The molecular weight excluding hydrogens is 337 g/mol. The molecular formula is C24H33FNO+. The third kappa shape index (κ3) is 4.97. The summed E-state index contributed by atoms with van der Waals surface area (Å²) in [7, 11) is 0. The number of ether oxygens (including phenoxy) is 1. The van der Waals surface area contributed by atoms with Crippen molar-refractivity contribution in [2.24, 2.45) is 0 Å². The van der Waals surface area contributed by atoms with Crippen LogP contribution < -0.4 is 5.32 Å². The van der Waals surface area contributed by atoms with Gasteiger partial charge in [-0.2, -0.15) is 0 Å². The first-order chi connectivity index (χ1) is 12.9.